The van der Waals surface area contributed by atoms with Gasteiger partial charge in [0.15, 0.2) is 0 Å². The zero-order valence-electron chi connectivity index (χ0n) is 13.3. The second-order valence-corrected chi connectivity index (χ2v) is 12.6. The molecule has 1 fully saturated rings. The van der Waals surface area contributed by atoms with E-state index in [9.17, 15) is 9.90 Å². The fourth-order valence-corrected chi connectivity index (χ4v) is 7.41. The normalized spacial score (nSPS) is 23.0. The zero-order chi connectivity index (χ0) is 16.0. The summed E-state index contributed by atoms with van der Waals surface area (Å²) in [6, 6.07) is 20.4. The van der Waals surface area contributed by atoms with E-state index in [1.54, 1.807) is 0 Å². The number of carboxylic acids is 1. The summed E-state index contributed by atoms with van der Waals surface area (Å²) in [7, 11) is -1.63. The van der Waals surface area contributed by atoms with Gasteiger partial charge in [-0.1, -0.05) is 80.3 Å². The van der Waals surface area contributed by atoms with Gasteiger partial charge >= 0.3 is 5.97 Å². The molecule has 0 heterocycles. The summed E-state index contributed by atoms with van der Waals surface area (Å²) >= 11 is 0. The molecule has 0 saturated heterocycles. The predicted molar refractivity (Wildman–Crippen MR) is 91.9 cm³/mol. The minimum atomic E-state index is -1.63. The van der Waals surface area contributed by atoms with Crippen molar-refractivity contribution in [2.75, 3.05) is 0 Å². The van der Waals surface area contributed by atoms with Crippen LogP contribution in [0.25, 0.3) is 0 Å². The molecule has 3 heteroatoms. The molecule has 0 radical (unpaired) electrons. The number of aliphatic carboxylic acids is 1. The number of carbonyl (C=O) groups is 1. The molecule has 0 bridgehead atoms. The molecule has 2 nitrogen and oxygen atoms in total. The summed E-state index contributed by atoms with van der Waals surface area (Å²) in [5, 5.41) is 9.87. The van der Waals surface area contributed by atoms with Crippen LogP contribution in [0, 0.1) is 5.92 Å². The maximum absolute atomic E-state index is 12.0. The highest BCUT2D eigenvalue weighted by molar-refractivity contribution is 6.79. The second kappa shape index (κ2) is 5.09. The first-order chi connectivity index (χ1) is 10.4. The van der Waals surface area contributed by atoms with Gasteiger partial charge in [-0.25, -0.2) is 0 Å². The minimum absolute atomic E-state index is 0.224. The van der Waals surface area contributed by atoms with Gasteiger partial charge in [0.1, 0.15) is 0 Å². The van der Waals surface area contributed by atoms with Crippen LogP contribution in [0.4, 0.5) is 0 Å². The second-order valence-electron chi connectivity index (χ2n) is 7.26. The highest BCUT2D eigenvalue weighted by Gasteiger charge is 2.73. The average Bonchev–Trinajstić information content (AvgIpc) is 3.21. The summed E-state index contributed by atoms with van der Waals surface area (Å²) in [5.41, 5.74) is 2.14. The van der Waals surface area contributed by atoms with Crippen LogP contribution in [0.3, 0.4) is 0 Å². The van der Waals surface area contributed by atoms with Crippen molar-refractivity contribution in [1.82, 2.24) is 0 Å². The van der Waals surface area contributed by atoms with Crippen LogP contribution in [0.2, 0.25) is 25.2 Å². The molecule has 0 spiro atoms. The molecule has 1 aliphatic rings. The molecule has 1 aliphatic carbocycles. The molecule has 1 N–H and O–H groups in total. The number of carboxylic acid groups (broad SMARTS) is 1. The van der Waals surface area contributed by atoms with E-state index in [-0.39, 0.29) is 16.9 Å². The van der Waals surface area contributed by atoms with E-state index in [1.165, 1.54) is 0 Å². The minimum Gasteiger partial charge on any atom is -0.481 e. The summed E-state index contributed by atoms with van der Waals surface area (Å²) < 4.78 is 0. The van der Waals surface area contributed by atoms with Crippen molar-refractivity contribution in [2.45, 2.75) is 30.6 Å². The Labute approximate surface area is 132 Å². The Morgan fingerprint density at radius 3 is 1.59 bits per heavy atom. The van der Waals surface area contributed by atoms with Crippen LogP contribution in [0.15, 0.2) is 60.7 Å². The maximum Gasteiger partial charge on any atom is 0.307 e. The number of benzene rings is 2. The van der Waals surface area contributed by atoms with Crippen molar-refractivity contribution in [3.05, 3.63) is 71.8 Å². The number of rotatable bonds is 4. The molecule has 0 aromatic heterocycles. The highest BCUT2D eigenvalue weighted by Crippen LogP contribution is 2.71. The maximum atomic E-state index is 12.0. The van der Waals surface area contributed by atoms with Gasteiger partial charge in [-0.3, -0.25) is 4.79 Å². The molecule has 2 atom stereocenters. The van der Waals surface area contributed by atoms with Crippen LogP contribution < -0.4 is 0 Å². The lowest BCUT2D eigenvalue weighted by Crippen LogP contribution is -2.26. The van der Waals surface area contributed by atoms with Gasteiger partial charge < -0.3 is 5.11 Å². The van der Waals surface area contributed by atoms with Gasteiger partial charge in [-0.2, -0.15) is 0 Å². The first-order valence-electron chi connectivity index (χ1n) is 7.74. The Morgan fingerprint density at radius 1 is 0.909 bits per heavy atom. The number of hydrogen-bond donors (Lipinski definition) is 1. The van der Waals surface area contributed by atoms with Crippen molar-refractivity contribution in [3.8, 4) is 0 Å². The van der Waals surface area contributed by atoms with Gasteiger partial charge in [0.25, 0.3) is 0 Å². The van der Waals surface area contributed by atoms with Crippen LogP contribution in [-0.4, -0.2) is 19.1 Å². The highest BCUT2D eigenvalue weighted by atomic mass is 28.3. The van der Waals surface area contributed by atoms with Crippen molar-refractivity contribution in [2.24, 2.45) is 5.92 Å². The van der Waals surface area contributed by atoms with Gasteiger partial charge in [-0.15, -0.1) is 0 Å². The smallest absolute Gasteiger partial charge is 0.307 e. The third kappa shape index (κ3) is 2.12. The molecule has 2 aromatic rings. The van der Waals surface area contributed by atoms with Crippen molar-refractivity contribution in [1.29, 1.82) is 0 Å². The van der Waals surface area contributed by atoms with Gasteiger partial charge in [-0.05, 0) is 16.7 Å². The van der Waals surface area contributed by atoms with Crippen LogP contribution in [0.1, 0.15) is 11.1 Å². The molecule has 3 rings (SSSR count). The monoisotopic (exact) mass is 310 g/mol. The van der Waals surface area contributed by atoms with Crippen molar-refractivity contribution < 1.29 is 9.90 Å². The molecular formula is C19H22O2Si. The first kappa shape index (κ1) is 15.0. The fourth-order valence-electron chi connectivity index (χ4n) is 4.22. The predicted octanol–water partition coefficient (Wildman–Crippen LogP) is 4.40. The van der Waals surface area contributed by atoms with E-state index in [0.717, 1.165) is 11.1 Å². The summed E-state index contributed by atoms with van der Waals surface area (Å²) in [6.07, 6.45) is 0. The number of hydrogen-bond acceptors (Lipinski definition) is 1. The average molecular weight is 310 g/mol. The third-order valence-corrected chi connectivity index (χ3v) is 7.56. The van der Waals surface area contributed by atoms with Crippen LogP contribution >= 0.6 is 0 Å². The third-order valence-electron chi connectivity index (χ3n) is 4.91. The Kier molecular flexibility index (Phi) is 3.48. The summed E-state index contributed by atoms with van der Waals surface area (Å²) in [6.45, 7) is 6.84. The molecule has 0 aliphatic heterocycles. The topological polar surface area (TPSA) is 37.3 Å². The largest absolute Gasteiger partial charge is 0.481 e. The van der Waals surface area contributed by atoms with E-state index in [1.807, 2.05) is 36.4 Å². The van der Waals surface area contributed by atoms with E-state index >= 15 is 0 Å². The lowest BCUT2D eigenvalue weighted by molar-refractivity contribution is -0.138. The SMILES string of the molecule is C[Si](C)(C)[C@@H]1[C@@H](C(=O)O)C1(c1ccccc1)c1ccccc1. The molecule has 1 saturated carbocycles. The van der Waals surface area contributed by atoms with Crippen molar-refractivity contribution in [3.63, 3.8) is 0 Å². The Balaban J connectivity index is 2.24. The Morgan fingerprint density at radius 2 is 1.32 bits per heavy atom. The molecular weight excluding hydrogens is 288 g/mol. The van der Waals surface area contributed by atoms with E-state index in [4.69, 9.17) is 0 Å². The molecule has 0 unspecified atom stereocenters. The molecule has 114 valence electrons. The molecule has 0 amide bonds. The van der Waals surface area contributed by atoms with Crippen LogP contribution in [-0.2, 0) is 10.2 Å². The Hall–Kier alpha value is -1.87. The molecule has 2 aromatic carbocycles. The van der Waals surface area contributed by atoms with E-state index < -0.39 is 14.0 Å². The van der Waals surface area contributed by atoms with Gasteiger partial charge in [0.2, 0.25) is 0 Å². The van der Waals surface area contributed by atoms with Crippen molar-refractivity contribution >= 4 is 14.0 Å². The first-order valence-corrected chi connectivity index (χ1v) is 11.3. The lowest BCUT2D eigenvalue weighted by Gasteiger charge is -2.24. The lowest BCUT2D eigenvalue weighted by atomic mass is 9.85. The summed E-state index contributed by atoms with van der Waals surface area (Å²) in [4.78, 5) is 12.0. The quantitative estimate of drug-likeness (QED) is 0.850. The standard InChI is InChI=1S/C19H22O2Si/c1-22(2,3)17-16(18(20)21)19(17,14-10-6-4-7-11-14)15-12-8-5-9-13-15/h4-13,16-17H,1-3H3,(H,20,21)/t16-,17+/m0/s1. The fraction of sp³-hybridized carbons (Fsp3) is 0.316. The van der Waals surface area contributed by atoms with E-state index in [2.05, 4.69) is 43.9 Å². The van der Waals surface area contributed by atoms with Crippen LogP contribution in [0.5, 0.6) is 0 Å². The van der Waals surface area contributed by atoms with Gasteiger partial charge in [0.05, 0.1) is 5.92 Å². The Bertz CT molecular complexity index is 634. The zero-order valence-corrected chi connectivity index (χ0v) is 14.3. The molecule has 22 heavy (non-hydrogen) atoms. The summed E-state index contributed by atoms with van der Waals surface area (Å²) in [5.74, 6) is -0.982. The van der Waals surface area contributed by atoms with Gasteiger partial charge in [0, 0.05) is 13.5 Å². The van der Waals surface area contributed by atoms with E-state index in [0.29, 0.717) is 0 Å².